The summed E-state index contributed by atoms with van der Waals surface area (Å²) in [5.74, 6) is -1.53. The number of guanidine groups is 1. The van der Waals surface area contributed by atoms with Gasteiger partial charge in [-0.05, 0) is 18.2 Å². The fraction of sp³-hybridized carbons (Fsp3) is 0.111. The number of H-pyrrole nitrogens is 1. The number of nitrogens with two attached hydrogens (primary N) is 1. The van der Waals surface area contributed by atoms with Crippen LogP contribution in [0.4, 0.5) is 18.9 Å². The monoisotopic (exact) mass is 421 g/mol. The maximum atomic E-state index is 13.6. The minimum atomic E-state index is -4.78. The van der Waals surface area contributed by atoms with Crippen molar-refractivity contribution >= 4 is 28.5 Å². The molecule has 156 valence electrons. The lowest BCUT2D eigenvalue weighted by Crippen LogP contribution is -2.36. The first-order valence-corrected chi connectivity index (χ1v) is 8.29. The Morgan fingerprint density at radius 3 is 2.60 bits per heavy atom. The van der Waals surface area contributed by atoms with Crippen molar-refractivity contribution in [3.8, 4) is 11.5 Å². The Bertz CT molecular complexity index is 1170. The number of amides is 1. The Hall–Kier alpha value is -4.09. The number of aliphatic imine (C=N–C) groups is 1. The second kappa shape index (κ2) is 7.73. The molecule has 9 nitrogen and oxygen atoms in total. The van der Waals surface area contributed by atoms with Crippen LogP contribution in [-0.2, 0) is 6.18 Å². The van der Waals surface area contributed by atoms with Crippen LogP contribution in [0.5, 0.6) is 11.5 Å². The van der Waals surface area contributed by atoms with E-state index < -0.39 is 28.3 Å². The third-order valence-electron chi connectivity index (χ3n) is 4.03. The Morgan fingerprint density at radius 2 is 1.97 bits per heavy atom. The van der Waals surface area contributed by atoms with Crippen molar-refractivity contribution in [1.29, 1.82) is 0 Å². The van der Waals surface area contributed by atoms with E-state index in [2.05, 4.69) is 15.3 Å². The molecule has 4 N–H and O–H groups in total. The van der Waals surface area contributed by atoms with E-state index in [9.17, 15) is 28.1 Å². The molecule has 1 heterocycles. The zero-order valence-corrected chi connectivity index (χ0v) is 15.3. The third-order valence-corrected chi connectivity index (χ3v) is 4.03. The molecule has 0 aliphatic heterocycles. The van der Waals surface area contributed by atoms with Gasteiger partial charge in [-0.2, -0.15) is 13.2 Å². The van der Waals surface area contributed by atoms with E-state index in [4.69, 9.17) is 10.5 Å². The number of benzene rings is 2. The van der Waals surface area contributed by atoms with Gasteiger partial charge in [0.25, 0.3) is 5.91 Å². The highest BCUT2D eigenvalue weighted by Crippen LogP contribution is 2.40. The number of carbonyl (C=O) groups excluding carboxylic acids is 1. The molecule has 1 aromatic heterocycles. The van der Waals surface area contributed by atoms with Crippen molar-refractivity contribution in [3.05, 3.63) is 63.8 Å². The molecular weight excluding hydrogens is 407 g/mol. The van der Waals surface area contributed by atoms with Gasteiger partial charge in [-0.1, -0.05) is 12.1 Å². The van der Waals surface area contributed by atoms with Gasteiger partial charge in [0, 0.05) is 24.6 Å². The summed E-state index contributed by atoms with van der Waals surface area (Å²) in [6, 6.07) is 8.20. The van der Waals surface area contributed by atoms with E-state index in [0.717, 1.165) is 12.1 Å². The van der Waals surface area contributed by atoms with Crippen LogP contribution >= 0.6 is 0 Å². The molecule has 12 heteroatoms. The van der Waals surface area contributed by atoms with Crippen LogP contribution in [0.2, 0.25) is 0 Å². The second-order valence-electron chi connectivity index (χ2n) is 6.00. The van der Waals surface area contributed by atoms with Gasteiger partial charge in [-0.25, -0.2) is 0 Å². The van der Waals surface area contributed by atoms with E-state index >= 15 is 0 Å². The summed E-state index contributed by atoms with van der Waals surface area (Å²) < 4.78 is 46.2. The van der Waals surface area contributed by atoms with E-state index in [1.54, 1.807) is 0 Å². The topological polar surface area (TPSA) is 136 Å². The quantitative estimate of drug-likeness (QED) is 0.256. The van der Waals surface area contributed by atoms with Crippen molar-refractivity contribution in [3.63, 3.8) is 0 Å². The lowest BCUT2D eigenvalue weighted by Gasteiger charge is -2.12. The van der Waals surface area contributed by atoms with Gasteiger partial charge in [0.1, 0.15) is 11.4 Å². The molecule has 0 fully saturated rings. The summed E-state index contributed by atoms with van der Waals surface area (Å²) in [7, 11) is 1.33. The summed E-state index contributed by atoms with van der Waals surface area (Å²) in [5.41, 5.74) is 3.66. The predicted octanol–water partition coefficient (Wildman–Crippen LogP) is 3.56. The number of rotatable bonds is 4. The van der Waals surface area contributed by atoms with Crippen LogP contribution < -0.4 is 15.8 Å². The Kier molecular flexibility index (Phi) is 5.32. The number of fused-ring (bicyclic) bond motifs is 1. The van der Waals surface area contributed by atoms with Gasteiger partial charge in [0.2, 0.25) is 5.75 Å². The van der Waals surface area contributed by atoms with Gasteiger partial charge in [0.05, 0.1) is 16.0 Å². The Morgan fingerprint density at radius 1 is 1.27 bits per heavy atom. The standard InChI is InChI=1S/C18H14F3N5O4/c1-23-17(22)25-16(27)13-8-10-11(18(19,20)21)6-9(7-12(10)24-13)30-15-5-3-2-4-14(15)26(28)29/h2-8,24H,1H3,(H3,22,23,25,27). The SMILES string of the molecule is CN=C(N)NC(=O)c1cc2c(C(F)(F)F)cc(Oc3ccccc3[N+](=O)[O-])cc2[nH]1. The molecule has 0 unspecified atom stereocenters. The molecule has 0 bridgehead atoms. The van der Waals surface area contributed by atoms with Crippen molar-refractivity contribution in [2.45, 2.75) is 6.18 Å². The number of nitrogens with zero attached hydrogens (tertiary/aromatic N) is 2. The average Bonchev–Trinajstić information content (AvgIpc) is 3.10. The maximum absolute atomic E-state index is 13.6. The molecule has 0 saturated heterocycles. The van der Waals surface area contributed by atoms with E-state index in [1.165, 1.54) is 31.3 Å². The molecule has 30 heavy (non-hydrogen) atoms. The summed E-state index contributed by atoms with van der Waals surface area (Å²) in [4.78, 5) is 28.7. The number of halogens is 3. The molecule has 0 aliphatic carbocycles. The van der Waals surface area contributed by atoms with Crippen molar-refractivity contribution < 1.29 is 27.6 Å². The third kappa shape index (κ3) is 4.16. The normalized spacial score (nSPS) is 12.1. The second-order valence-corrected chi connectivity index (χ2v) is 6.00. The van der Waals surface area contributed by atoms with Crippen LogP contribution in [0.3, 0.4) is 0 Å². The number of hydrogen-bond acceptors (Lipinski definition) is 5. The number of ether oxygens (including phenoxy) is 1. The van der Waals surface area contributed by atoms with Crippen molar-refractivity contribution in [2.75, 3.05) is 7.05 Å². The van der Waals surface area contributed by atoms with E-state index in [0.29, 0.717) is 6.07 Å². The molecule has 3 aromatic rings. The van der Waals surface area contributed by atoms with Crippen LogP contribution in [0, 0.1) is 10.1 Å². The van der Waals surface area contributed by atoms with Crippen LogP contribution in [0.25, 0.3) is 10.9 Å². The zero-order valence-electron chi connectivity index (χ0n) is 15.3. The minimum absolute atomic E-state index is 0.0597. The van der Waals surface area contributed by atoms with Crippen LogP contribution in [-0.4, -0.2) is 28.8 Å². The molecule has 0 saturated carbocycles. The number of alkyl halides is 3. The summed E-state index contributed by atoms with van der Waals surface area (Å²) >= 11 is 0. The molecule has 0 spiro atoms. The molecule has 0 atom stereocenters. The lowest BCUT2D eigenvalue weighted by atomic mass is 10.1. The first kappa shape index (κ1) is 20.6. The Balaban J connectivity index is 2.09. The van der Waals surface area contributed by atoms with Crippen molar-refractivity contribution in [2.24, 2.45) is 10.7 Å². The van der Waals surface area contributed by atoms with Crippen LogP contribution in [0.1, 0.15) is 16.1 Å². The van der Waals surface area contributed by atoms with Gasteiger partial charge >= 0.3 is 11.9 Å². The summed E-state index contributed by atoms with van der Waals surface area (Å²) in [6.45, 7) is 0. The number of nitro groups is 1. The number of aromatic nitrogens is 1. The van der Waals surface area contributed by atoms with Gasteiger partial charge in [0.15, 0.2) is 5.96 Å². The number of hydrogen-bond donors (Lipinski definition) is 3. The first-order valence-electron chi connectivity index (χ1n) is 8.29. The first-order chi connectivity index (χ1) is 14.1. The van der Waals surface area contributed by atoms with Gasteiger partial charge in [-0.15, -0.1) is 0 Å². The fourth-order valence-corrected chi connectivity index (χ4v) is 2.69. The molecule has 2 aromatic carbocycles. The fourth-order valence-electron chi connectivity index (χ4n) is 2.69. The number of nitrogens with one attached hydrogen (secondary N) is 2. The molecule has 0 aliphatic rings. The highest BCUT2D eigenvalue weighted by atomic mass is 19.4. The molecule has 0 radical (unpaired) electrons. The van der Waals surface area contributed by atoms with E-state index in [1.807, 2.05) is 0 Å². The number of aromatic amines is 1. The van der Waals surface area contributed by atoms with E-state index in [-0.39, 0.29) is 34.1 Å². The highest BCUT2D eigenvalue weighted by molar-refractivity contribution is 6.07. The highest BCUT2D eigenvalue weighted by Gasteiger charge is 2.34. The van der Waals surface area contributed by atoms with Gasteiger partial charge in [-0.3, -0.25) is 25.2 Å². The smallest absolute Gasteiger partial charge is 0.417 e. The lowest BCUT2D eigenvalue weighted by molar-refractivity contribution is -0.385. The maximum Gasteiger partial charge on any atom is 0.417 e. The largest absolute Gasteiger partial charge is 0.450 e. The predicted molar refractivity (Wildman–Crippen MR) is 101 cm³/mol. The number of carbonyl (C=O) groups is 1. The molecule has 1 amide bonds. The molecular formula is C18H14F3N5O4. The van der Waals surface area contributed by atoms with Gasteiger partial charge < -0.3 is 15.5 Å². The molecule has 3 rings (SSSR count). The Labute approximate surface area is 166 Å². The number of para-hydroxylation sites is 2. The van der Waals surface area contributed by atoms with Crippen LogP contribution in [0.15, 0.2) is 47.5 Å². The summed E-state index contributed by atoms with van der Waals surface area (Å²) in [5, 5.41) is 13.0. The minimum Gasteiger partial charge on any atom is -0.450 e. The average molecular weight is 421 g/mol. The number of nitro benzene ring substituents is 1. The zero-order chi connectivity index (χ0) is 22.1. The van der Waals surface area contributed by atoms with Crippen molar-refractivity contribution in [1.82, 2.24) is 10.3 Å². The summed E-state index contributed by atoms with van der Waals surface area (Å²) in [6.07, 6.45) is -4.78.